The van der Waals surface area contributed by atoms with E-state index in [0.717, 1.165) is 40.6 Å². The molecule has 33 heavy (non-hydrogen) atoms. The van der Waals surface area contributed by atoms with Crippen molar-refractivity contribution < 1.29 is 18.9 Å². The topological polar surface area (TPSA) is 36.9 Å². The second-order valence-corrected chi connectivity index (χ2v) is 15.2. The van der Waals surface area contributed by atoms with Gasteiger partial charge >= 0.3 is 198 Å². The first-order valence-electron chi connectivity index (χ1n) is 10.8. The van der Waals surface area contributed by atoms with E-state index in [4.69, 9.17) is 18.9 Å². The molecule has 5 heteroatoms. The molecule has 0 fully saturated rings. The first kappa shape index (κ1) is 22.8. The summed E-state index contributed by atoms with van der Waals surface area (Å²) in [6, 6.07) is 33.1. The van der Waals surface area contributed by atoms with Crippen LogP contribution in [0, 0.1) is 0 Å². The van der Waals surface area contributed by atoms with Gasteiger partial charge in [-0.05, 0) is 0 Å². The molecule has 4 aromatic rings. The molecule has 0 aliphatic heterocycles. The summed E-state index contributed by atoms with van der Waals surface area (Å²) in [7, 11) is 6.88. The number of benzene rings is 4. The molecule has 0 aromatic heterocycles. The van der Waals surface area contributed by atoms with E-state index in [-0.39, 0.29) is 0 Å². The van der Waals surface area contributed by atoms with Crippen molar-refractivity contribution in [3.8, 4) is 23.0 Å². The van der Waals surface area contributed by atoms with Crippen molar-refractivity contribution in [2.45, 2.75) is 0 Å². The minimum absolute atomic E-state index is 0.834. The Morgan fingerprint density at radius 3 is 0.788 bits per heavy atom. The number of hydrogen-bond donors (Lipinski definition) is 0. The third-order valence-corrected chi connectivity index (χ3v) is 16.3. The van der Waals surface area contributed by atoms with Crippen LogP contribution in [0.15, 0.2) is 97.1 Å². The predicted octanol–water partition coefficient (Wildman–Crippen LogP) is 3.10. The number of methoxy groups -OCH3 is 4. The van der Waals surface area contributed by atoms with Crippen LogP contribution in [0.4, 0.5) is 0 Å². The Hall–Kier alpha value is -3.38. The molecule has 0 radical (unpaired) electrons. The fourth-order valence-corrected chi connectivity index (χ4v) is 15.9. The Bertz CT molecular complexity index is 1040. The summed E-state index contributed by atoms with van der Waals surface area (Å²) in [5.41, 5.74) is 0. The van der Waals surface area contributed by atoms with Gasteiger partial charge in [0.25, 0.3) is 0 Å². The third kappa shape index (κ3) is 3.85. The van der Waals surface area contributed by atoms with Crippen molar-refractivity contribution in [1.29, 1.82) is 0 Å². The van der Waals surface area contributed by atoms with Gasteiger partial charge in [0.2, 0.25) is 0 Å². The molecule has 0 N–H and O–H groups in total. The number of para-hydroxylation sites is 4. The van der Waals surface area contributed by atoms with Crippen molar-refractivity contribution in [3.63, 3.8) is 0 Å². The van der Waals surface area contributed by atoms with Crippen LogP contribution in [0.25, 0.3) is 0 Å². The molecule has 4 aromatic carbocycles. The molecule has 0 atom stereocenters. The zero-order valence-electron chi connectivity index (χ0n) is 19.4. The molecule has 4 nitrogen and oxygen atoms in total. The molecule has 0 saturated heterocycles. The van der Waals surface area contributed by atoms with Crippen molar-refractivity contribution in [1.82, 2.24) is 0 Å². The second kappa shape index (κ2) is 10.0. The van der Waals surface area contributed by atoms with Crippen LogP contribution in [-0.2, 0) is 0 Å². The van der Waals surface area contributed by atoms with Gasteiger partial charge in [-0.15, -0.1) is 0 Å². The van der Waals surface area contributed by atoms with Crippen molar-refractivity contribution in [2.75, 3.05) is 28.4 Å². The maximum atomic E-state index is 5.96. The van der Waals surface area contributed by atoms with E-state index < -0.39 is 13.3 Å². The fraction of sp³-hybridized carbons (Fsp3) is 0.143. The SMILES string of the molecule is COc1cccc[c]1[Ge]([c]1ccccc1OC)([c]1ccccc1OC)[c]1ccccc1OC. The summed E-state index contributed by atoms with van der Waals surface area (Å²) in [5, 5.41) is 0. The molecule has 0 bridgehead atoms. The molecule has 168 valence electrons. The fourth-order valence-electron chi connectivity index (χ4n) is 4.69. The first-order chi connectivity index (χ1) is 16.2. The van der Waals surface area contributed by atoms with Crippen molar-refractivity contribution >= 4 is 30.8 Å². The van der Waals surface area contributed by atoms with Gasteiger partial charge in [0.05, 0.1) is 0 Å². The van der Waals surface area contributed by atoms with E-state index in [9.17, 15) is 0 Å². The summed E-state index contributed by atoms with van der Waals surface area (Å²) >= 11 is -3.83. The summed E-state index contributed by atoms with van der Waals surface area (Å²) in [4.78, 5) is 0. The predicted molar refractivity (Wildman–Crippen MR) is 136 cm³/mol. The quantitative estimate of drug-likeness (QED) is 0.348. The second-order valence-electron chi connectivity index (χ2n) is 7.55. The Morgan fingerprint density at radius 2 is 0.576 bits per heavy atom. The van der Waals surface area contributed by atoms with Crippen LogP contribution in [-0.4, -0.2) is 41.7 Å². The molecule has 0 aliphatic carbocycles. The third-order valence-electron chi connectivity index (χ3n) is 6.04. The molecule has 0 amide bonds. The van der Waals surface area contributed by atoms with E-state index in [0.29, 0.717) is 0 Å². The van der Waals surface area contributed by atoms with Gasteiger partial charge in [-0.25, -0.2) is 0 Å². The summed E-state index contributed by atoms with van der Waals surface area (Å²) in [6.07, 6.45) is 0. The minimum atomic E-state index is -3.83. The Morgan fingerprint density at radius 1 is 0.364 bits per heavy atom. The molecular weight excluding hydrogens is 473 g/mol. The van der Waals surface area contributed by atoms with Crippen LogP contribution >= 0.6 is 0 Å². The van der Waals surface area contributed by atoms with Crippen molar-refractivity contribution in [3.05, 3.63) is 97.1 Å². The van der Waals surface area contributed by atoms with E-state index >= 15 is 0 Å². The Labute approximate surface area is 198 Å². The summed E-state index contributed by atoms with van der Waals surface area (Å²) in [6.45, 7) is 0. The van der Waals surface area contributed by atoms with Gasteiger partial charge < -0.3 is 0 Å². The molecular formula is C28H28GeO4. The van der Waals surface area contributed by atoms with E-state index in [1.54, 1.807) is 28.4 Å². The molecule has 4 rings (SSSR count). The Balaban J connectivity index is 2.30. The van der Waals surface area contributed by atoms with Gasteiger partial charge in [-0.2, -0.15) is 0 Å². The normalized spacial score (nSPS) is 11.0. The molecule has 0 spiro atoms. The van der Waals surface area contributed by atoms with Gasteiger partial charge in [0, 0.05) is 0 Å². The average Bonchev–Trinajstić information content (AvgIpc) is 2.90. The van der Waals surface area contributed by atoms with Gasteiger partial charge in [-0.3, -0.25) is 0 Å². The number of ether oxygens (including phenoxy) is 4. The molecule has 0 heterocycles. The monoisotopic (exact) mass is 502 g/mol. The van der Waals surface area contributed by atoms with Gasteiger partial charge in [0.15, 0.2) is 0 Å². The zero-order chi connectivity index (χ0) is 23.3. The van der Waals surface area contributed by atoms with E-state index in [1.807, 2.05) is 48.5 Å². The summed E-state index contributed by atoms with van der Waals surface area (Å²) < 4.78 is 28.4. The standard InChI is InChI=1S/C28H28GeO4/c1-30-25-17-9-5-13-21(25)29(22-14-6-10-18-26(22)31-2,23-15-7-11-19-27(23)32-3)24-16-8-12-20-28(24)33-4/h5-20H,1-4H3. The summed E-state index contributed by atoms with van der Waals surface area (Å²) in [5.74, 6) is 3.33. The number of rotatable bonds is 8. The zero-order valence-corrected chi connectivity index (χ0v) is 21.5. The van der Waals surface area contributed by atoms with Crippen LogP contribution in [0.1, 0.15) is 0 Å². The Kier molecular flexibility index (Phi) is 6.94. The van der Waals surface area contributed by atoms with Crippen LogP contribution in [0.2, 0.25) is 0 Å². The van der Waals surface area contributed by atoms with Crippen molar-refractivity contribution in [2.24, 2.45) is 0 Å². The molecule has 0 saturated carbocycles. The van der Waals surface area contributed by atoms with Gasteiger partial charge in [-0.1, -0.05) is 0 Å². The van der Waals surface area contributed by atoms with E-state index in [2.05, 4.69) is 48.5 Å². The van der Waals surface area contributed by atoms with Gasteiger partial charge in [0.1, 0.15) is 0 Å². The van der Waals surface area contributed by atoms with E-state index in [1.165, 1.54) is 0 Å². The van der Waals surface area contributed by atoms with Crippen LogP contribution < -0.4 is 36.5 Å². The van der Waals surface area contributed by atoms with Crippen LogP contribution in [0.5, 0.6) is 23.0 Å². The average molecular weight is 501 g/mol. The number of hydrogen-bond acceptors (Lipinski definition) is 4. The maximum absolute atomic E-state index is 5.96. The molecule has 0 unspecified atom stereocenters. The molecule has 0 aliphatic rings. The first-order valence-corrected chi connectivity index (χ1v) is 15.0. The van der Waals surface area contributed by atoms with Crippen LogP contribution in [0.3, 0.4) is 0 Å².